The SMILES string of the molecule is C[C@@]1(CCl)O[C@@H](c2csc3c(N)ncnc23)C(N=[N+]=[N-])[C@@H]1O. The van der Waals surface area contributed by atoms with Crippen LogP contribution in [-0.2, 0) is 4.74 Å². The Morgan fingerprint density at radius 3 is 3.09 bits per heavy atom. The fourth-order valence-corrected chi connectivity index (χ4v) is 3.75. The Balaban J connectivity index is 2.12. The zero-order chi connectivity index (χ0) is 15.9. The van der Waals surface area contributed by atoms with E-state index in [4.69, 9.17) is 27.6 Å². The maximum atomic E-state index is 10.4. The van der Waals surface area contributed by atoms with Crippen molar-refractivity contribution in [3.8, 4) is 0 Å². The van der Waals surface area contributed by atoms with Gasteiger partial charge in [0, 0.05) is 10.5 Å². The smallest absolute Gasteiger partial charge is 0.144 e. The number of fused-ring (bicyclic) bond motifs is 1. The van der Waals surface area contributed by atoms with Crippen molar-refractivity contribution >= 4 is 39.0 Å². The van der Waals surface area contributed by atoms with Crippen LogP contribution >= 0.6 is 22.9 Å². The summed E-state index contributed by atoms with van der Waals surface area (Å²) in [5.74, 6) is 0.446. The van der Waals surface area contributed by atoms with Gasteiger partial charge in [0.25, 0.3) is 0 Å². The van der Waals surface area contributed by atoms with E-state index in [1.54, 1.807) is 6.92 Å². The predicted molar refractivity (Wildman–Crippen MR) is 83.7 cm³/mol. The first-order chi connectivity index (χ1) is 10.5. The summed E-state index contributed by atoms with van der Waals surface area (Å²) in [6.45, 7) is 1.68. The highest BCUT2D eigenvalue weighted by Gasteiger charge is 2.52. The van der Waals surface area contributed by atoms with E-state index in [9.17, 15) is 5.11 Å². The van der Waals surface area contributed by atoms with Crippen LogP contribution in [-0.4, -0.2) is 38.7 Å². The van der Waals surface area contributed by atoms with Gasteiger partial charge in [0.05, 0.1) is 34.3 Å². The number of aliphatic hydroxyl groups is 1. The lowest BCUT2D eigenvalue weighted by Gasteiger charge is -2.24. The number of hydrogen-bond acceptors (Lipinski definition) is 7. The Bertz CT molecular complexity index is 763. The number of rotatable bonds is 3. The Morgan fingerprint density at radius 2 is 2.41 bits per heavy atom. The number of nitrogen functional groups attached to an aromatic ring is 1. The van der Waals surface area contributed by atoms with Gasteiger partial charge in [-0.05, 0) is 17.8 Å². The summed E-state index contributed by atoms with van der Waals surface area (Å²) in [6, 6.07) is -0.789. The third kappa shape index (κ3) is 2.18. The first kappa shape index (κ1) is 15.3. The van der Waals surface area contributed by atoms with Crippen LogP contribution in [0, 0.1) is 0 Å². The van der Waals surface area contributed by atoms with E-state index >= 15 is 0 Å². The molecule has 3 N–H and O–H groups in total. The topological polar surface area (TPSA) is 130 Å². The van der Waals surface area contributed by atoms with Crippen molar-refractivity contribution in [1.82, 2.24) is 9.97 Å². The number of aromatic nitrogens is 2. The second-order valence-electron chi connectivity index (χ2n) is 5.25. The molecule has 0 aromatic carbocycles. The number of halogens is 1. The third-order valence-corrected chi connectivity index (χ3v) is 5.36. The van der Waals surface area contributed by atoms with E-state index < -0.39 is 23.9 Å². The number of azide groups is 1. The lowest BCUT2D eigenvalue weighted by atomic mass is 9.95. The molecule has 0 aliphatic carbocycles. The van der Waals surface area contributed by atoms with Crippen molar-refractivity contribution < 1.29 is 9.84 Å². The van der Waals surface area contributed by atoms with Gasteiger partial charge < -0.3 is 15.6 Å². The molecule has 8 nitrogen and oxygen atoms in total. The third-order valence-electron chi connectivity index (χ3n) is 3.82. The summed E-state index contributed by atoms with van der Waals surface area (Å²) in [4.78, 5) is 11.0. The number of nitrogens with two attached hydrogens (primary N) is 1. The molecule has 0 spiro atoms. The van der Waals surface area contributed by atoms with E-state index in [1.165, 1.54) is 17.7 Å². The minimum Gasteiger partial charge on any atom is -0.390 e. The molecule has 10 heteroatoms. The van der Waals surface area contributed by atoms with Crippen LogP contribution < -0.4 is 5.73 Å². The van der Waals surface area contributed by atoms with Crippen LogP contribution in [0.5, 0.6) is 0 Å². The maximum absolute atomic E-state index is 10.4. The number of hydrogen-bond donors (Lipinski definition) is 2. The molecule has 22 heavy (non-hydrogen) atoms. The Hall–Kier alpha value is -1.64. The first-order valence-electron chi connectivity index (χ1n) is 6.45. The highest BCUT2D eigenvalue weighted by atomic mass is 35.5. The number of aliphatic hydroxyl groups excluding tert-OH is 1. The lowest BCUT2D eigenvalue weighted by molar-refractivity contribution is -0.0540. The molecule has 1 saturated heterocycles. The molecule has 1 fully saturated rings. The summed E-state index contributed by atoms with van der Waals surface area (Å²) in [6.07, 6.45) is -0.291. The van der Waals surface area contributed by atoms with Crippen LogP contribution in [0.25, 0.3) is 20.7 Å². The molecule has 0 amide bonds. The Labute approximate surface area is 134 Å². The summed E-state index contributed by atoms with van der Waals surface area (Å²) in [7, 11) is 0. The van der Waals surface area contributed by atoms with E-state index in [1.807, 2.05) is 5.38 Å². The molecule has 3 heterocycles. The zero-order valence-electron chi connectivity index (χ0n) is 11.5. The maximum Gasteiger partial charge on any atom is 0.144 e. The molecule has 2 aromatic heterocycles. The molecular formula is C12H13ClN6O2S. The first-order valence-corrected chi connectivity index (χ1v) is 7.87. The molecule has 0 bridgehead atoms. The molecule has 3 rings (SSSR count). The largest absolute Gasteiger partial charge is 0.390 e. The average molecular weight is 341 g/mol. The summed E-state index contributed by atoms with van der Waals surface area (Å²) in [5.41, 5.74) is 14.9. The van der Waals surface area contributed by atoms with Gasteiger partial charge >= 0.3 is 0 Å². The highest BCUT2D eigenvalue weighted by Crippen LogP contribution is 2.45. The zero-order valence-corrected chi connectivity index (χ0v) is 13.1. The quantitative estimate of drug-likeness (QED) is 0.383. The van der Waals surface area contributed by atoms with Crippen molar-refractivity contribution in [2.24, 2.45) is 5.11 Å². The van der Waals surface area contributed by atoms with Crippen molar-refractivity contribution in [3.05, 3.63) is 27.7 Å². The monoisotopic (exact) mass is 340 g/mol. The number of anilines is 1. The Kier molecular flexibility index (Phi) is 3.84. The van der Waals surface area contributed by atoms with Gasteiger partial charge in [-0.25, -0.2) is 9.97 Å². The molecular weight excluding hydrogens is 328 g/mol. The van der Waals surface area contributed by atoms with Gasteiger partial charge in [-0.15, -0.1) is 22.9 Å². The molecule has 0 saturated carbocycles. The van der Waals surface area contributed by atoms with Crippen LogP contribution in [0.2, 0.25) is 0 Å². The van der Waals surface area contributed by atoms with Gasteiger partial charge in [-0.2, -0.15) is 0 Å². The molecule has 1 unspecified atom stereocenters. The molecule has 1 aliphatic rings. The van der Waals surface area contributed by atoms with Crippen molar-refractivity contribution in [2.45, 2.75) is 30.8 Å². The van der Waals surface area contributed by atoms with E-state index in [-0.39, 0.29) is 5.88 Å². The van der Waals surface area contributed by atoms with Crippen LogP contribution in [0.3, 0.4) is 0 Å². The van der Waals surface area contributed by atoms with Gasteiger partial charge in [0.15, 0.2) is 0 Å². The number of alkyl halides is 1. The van der Waals surface area contributed by atoms with E-state index in [0.29, 0.717) is 16.9 Å². The van der Waals surface area contributed by atoms with E-state index in [0.717, 1.165) is 4.70 Å². The number of ether oxygens (including phenoxy) is 1. The van der Waals surface area contributed by atoms with Crippen LogP contribution in [0.4, 0.5) is 5.82 Å². The second kappa shape index (κ2) is 5.53. The standard InChI is InChI=1S/C12H13ClN6O2S/c1-12(3-13)10(20)7(18-19-15)8(21-12)5-2-22-9-6(5)16-4-17-11(9)14/h2,4,7-8,10,20H,3H2,1H3,(H2,14,16,17)/t7?,8-,10-,12-/m0/s1. The van der Waals surface area contributed by atoms with Gasteiger partial charge in [0.1, 0.15) is 17.7 Å². The van der Waals surface area contributed by atoms with Crippen molar-refractivity contribution in [2.75, 3.05) is 11.6 Å². The molecule has 4 atom stereocenters. The van der Waals surface area contributed by atoms with Crippen molar-refractivity contribution in [3.63, 3.8) is 0 Å². The molecule has 1 aliphatic heterocycles. The van der Waals surface area contributed by atoms with Gasteiger partial charge in [0.2, 0.25) is 0 Å². The van der Waals surface area contributed by atoms with Crippen molar-refractivity contribution in [1.29, 1.82) is 0 Å². The number of nitrogens with zero attached hydrogens (tertiary/aromatic N) is 5. The minimum atomic E-state index is -1.01. The van der Waals surface area contributed by atoms with Crippen LogP contribution in [0.15, 0.2) is 16.8 Å². The minimum absolute atomic E-state index is 0.0707. The summed E-state index contributed by atoms with van der Waals surface area (Å²) >= 11 is 7.29. The molecule has 116 valence electrons. The van der Waals surface area contributed by atoms with Crippen LogP contribution in [0.1, 0.15) is 18.6 Å². The second-order valence-corrected chi connectivity index (χ2v) is 6.40. The summed E-state index contributed by atoms with van der Waals surface area (Å²) < 4.78 is 6.66. The average Bonchev–Trinajstić information content (AvgIpc) is 3.04. The van der Waals surface area contributed by atoms with E-state index in [2.05, 4.69) is 20.0 Å². The highest BCUT2D eigenvalue weighted by molar-refractivity contribution is 7.17. The molecule has 2 aromatic rings. The predicted octanol–water partition coefficient (Wildman–Crippen LogP) is 2.38. The normalized spacial score (nSPS) is 31.3. The fraction of sp³-hybridized carbons (Fsp3) is 0.500. The molecule has 0 radical (unpaired) electrons. The van der Waals surface area contributed by atoms with Gasteiger partial charge in [-0.3, -0.25) is 0 Å². The fourth-order valence-electron chi connectivity index (χ4n) is 2.59. The lowest BCUT2D eigenvalue weighted by Crippen LogP contribution is -2.41. The number of thiophene rings is 1. The van der Waals surface area contributed by atoms with Gasteiger partial charge in [-0.1, -0.05) is 5.11 Å². The Morgan fingerprint density at radius 1 is 1.64 bits per heavy atom. The summed E-state index contributed by atoms with van der Waals surface area (Å²) in [5, 5.41) is 15.9.